The van der Waals surface area contributed by atoms with Gasteiger partial charge in [0.25, 0.3) is 0 Å². The molecular formula is C30H52O3Si2. The molecule has 0 radical (unpaired) electrons. The number of ether oxygens (including phenoxy) is 1. The topological polar surface area (TPSA) is 35.5 Å². The zero-order chi connectivity index (χ0) is 26.9. The molecule has 0 N–H and O–H groups in total. The summed E-state index contributed by atoms with van der Waals surface area (Å²) in [6, 6.07) is 10.1. The summed E-state index contributed by atoms with van der Waals surface area (Å²) in [6.07, 6.45) is 2.32. The molecule has 5 heteroatoms. The first-order valence-electron chi connectivity index (χ1n) is 13.3. The van der Waals surface area contributed by atoms with Crippen molar-refractivity contribution in [3.05, 3.63) is 35.9 Å². The van der Waals surface area contributed by atoms with Crippen LogP contribution in [0.15, 0.2) is 30.3 Å². The van der Waals surface area contributed by atoms with Crippen LogP contribution in [0.3, 0.4) is 0 Å². The third-order valence-corrected chi connectivity index (χ3v) is 17.5. The van der Waals surface area contributed by atoms with Gasteiger partial charge in [-0.05, 0) is 41.1 Å². The number of ketones is 1. The molecule has 0 amide bonds. The van der Waals surface area contributed by atoms with Gasteiger partial charge in [-0.2, -0.15) is 0 Å². The third kappa shape index (κ3) is 10.4. The lowest BCUT2D eigenvalue weighted by molar-refractivity contribution is -0.123. The van der Waals surface area contributed by atoms with Crippen LogP contribution in [-0.4, -0.2) is 34.9 Å². The summed E-state index contributed by atoms with van der Waals surface area (Å²) < 4.78 is 12.6. The van der Waals surface area contributed by atoms with Crippen molar-refractivity contribution in [1.82, 2.24) is 0 Å². The fourth-order valence-corrected chi connectivity index (χ4v) is 6.74. The number of benzene rings is 1. The van der Waals surface area contributed by atoms with Gasteiger partial charge >= 0.3 is 0 Å². The summed E-state index contributed by atoms with van der Waals surface area (Å²) in [5.41, 5.74) is 4.74. The van der Waals surface area contributed by atoms with E-state index in [9.17, 15) is 4.79 Å². The van der Waals surface area contributed by atoms with Crippen LogP contribution in [0.2, 0.25) is 36.3 Å². The van der Waals surface area contributed by atoms with Gasteiger partial charge in [-0.1, -0.05) is 91.9 Å². The second kappa shape index (κ2) is 13.4. The van der Waals surface area contributed by atoms with E-state index in [2.05, 4.69) is 98.3 Å². The van der Waals surface area contributed by atoms with Gasteiger partial charge in [0.2, 0.25) is 0 Å². The highest BCUT2D eigenvalue weighted by molar-refractivity contribution is 6.87. The fourth-order valence-electron chi connectivity index (χ4n) is 3.37. The first-order valence-corrected chi connectivity index (χ1v) is 19.2. The Labute approximate surface area is 218 Å². The van der Waals surface area contributed by atoms with Gasteiger partial charge < -0.3 is 9.16 Å². The summed E-state index contributed by atoms with van der Waals surface area (Å²) in [7, 11) is -3.57. The lowest BCUT2D eigenvalue weighted by Gasteiger charge is -2.39. The molecule has 0 unspecified atom stereocenters. The third-order valence-electron chi connectivity index (χ3n) is 8.43. The van der Waals surface area contributed by atoms with Gasteiger partial charge in [-0.25, -0.2) is 0 Å². The average Bonchev–Trinajstić information content (AvgIpc) is 2.75. The van der Waals surface area contributed by atoms with Crippen LogP contribution in [0.5, 0.6) is 0 Å². The molecule has 0 heterocycles. The van der Waals surface area contributed by atoms with Crippen molar-refractivity contribution in [3.63, 3.8) is 0 Å². The predicted molar refractivity (Wildman–Crippen MR) is 156 cm³/mol. The highest BCUT2D eigenvalue weighted by Gasteiger charge is 2.40. The maximum atomic E-state index is 12.8. The van der Waals surface area contributed by atoms with Crippen LogP contribution >= 0.6 is 0 Å². The van der Waals surface area contributed by atoms with Gasteiger partial charge in [0.05, 0.1) is 19.3 Å². The van der Waals surface area contributed by atoms with E-state index in [4.69, 9.17) is 9.16 Å². The SMILES string of the molecule is CC(C)C(C)(C)[Si](C)(C)C#CCCCC(=O)C[C@@H](CO[Si](C)(C)C(C)(C)C)OCc1ccccc1. The van der Waals surface area contributed by atoms with Crippen LogP contribution in [0.1, 0.15) is 79.7 Å². The predicted octanol–water partition coefficient (Wildman–Crippen LogP) is 8.41. The average molecular weight is 517 g/mol. The number of Topliss-reactive ketones (excluding diaryl/α,β-unsaturated/α-hetero) is 1. The fraction of sp³-hybridized carbons (Fsp3) is 0.700. The first-order chi connectivity index (χ1) is 16.0. The zero-order valence-electron chi connectivity index (χ0n) is 24.5. The Morgan fingerprint density at radius 3 is 2.14 bits per heavy atom. The molecule has 1 atom stereocenters. The van der Waals surface area contributed by atoms with Crippen LogP contribution in [0.4, 0.5) is 0 Å². The molecule has 1 aromatic carbocycles. The van der Waals surface area contributed by atoms with Crippen LogP contribution < -0.4 is 0 Å². The Hall–Kier alpha value is -1.20. The van der Waals surface area contributed by atoms with E-state index in [-0.39, 0.29) is 22.0 Å². The standard InChI is InChI=1S/C30H52O3Si2/c1-25(2)30(6,7)34(8,9)21-17-13-16-20-27(31)22-28(24-33-35(10,11)29(3,4)5)32-23-26-18-14-12-15-19-26/h12,14-15,18-19,25,28H,13,16,20,22-24H2,1-11H3/t28-/m0/s1. The Morgan fingerprint density at radius 1 is 1.00 bits per heavy atom. The number of rotatable bonds is 13. The molecule has 198 valence electrons. The second-order valence-electron chi connectivity index (χ2n) is 12.9. The van der Waals surface area contributed by atoms with Crippen LogP contribution in [-0.2, 0) is 20.6 Å². The van der Waals surface area contributed by atoms with Gasteiger partial charge in [0.15, 0.2) is 8.32 Å². The molecule has 3 nitrogen and oxygen atoms in total. The van der Waals surface area contributed by atoms with Gasteiger partial charge in [0, 0.05) is 19.3 Å². The molecule has 0 saturated heterocycles. The molecule has 0 aromatic heterocycles. The molecule has 35 heavy (non-hydrogen) atoms. The van der Waals surface area contributed by atoms with Gasteiger partial charge in [-0.3, -0.25) is 4.79 Å². The molecule has 0 aliphatic heterocycles. The Balaban J connectivity index is 2.68. The van der Waals surface area contributed by atoms with Crippen molar-refractivity contribution < 1.29 is 14.0 Å². The normalized spacial score (nSPS) is 13.9. The highest BCUT2D eigenvalue weighted by atomic mass is 28.4. The Bertz CT molecular complexity index is 840. The van der Waals surface area contributed by atoms with Crippen molar-refractivity contribution in [1.29, 1.82) is 0 Å². The Morgan fingerprint density at radius 2 is 1.60 bits per heavy atom. The second-order valence-corrected chi connectivity index (χ2v) is 22.5. The number of unbranched alkanes of at least 4 members (excludes halogenated alkanes) is 1. The summed E-state index contributed by atoms with van der Waals surface area (Å²) in [6.45, 7) is 26.2. The highest BCUT2D eigenvalue weighted by Crippen LogP contribution is 2.43. The van der Waals surface area contributed by atoms with Crippen molar-refractivity contribution in [2.75, 3.05) is 6.61 Å². The summed E-state index contributed by atoms with van der Waals surface area (Å²) in [5, 5.41) is 0.393. The number of carbonyl (C=O) groups excluding carboxylic acids is 1. The van der Waals surface area contributed by atoms with E-state index in [1.165, 1.54) is 0 Å². The van der Waals surface area contributed by atoms with Crippen molar-refractivity contribution in [2.24, 2.45) is 5.92 Å². The summed E-state index contributed by atoms with van der Waals surface area (Å²) >= 11 is 0. The summed E-state index contributed by atoms with van der Waals surface area (Å²) in [4.78, 5) is 12.8. The smallest absolute Gasteiger partial charge is 0.192 e. The van der Waals surface area contributed by atoms with Gasteiger partial charge in [0.1, 0.15) is 13.9 Å². The van der Waals surface area contributed by atoms with E-state index < -0.39 is 16.4 Å². The maximum absolute atomic E-state index is 12.8. The quantitative estimate of drug-likeness (QED) is 0.150. The van der Waals surface area contributed by atoms with Crippen LogP contribution in [0.25, 0.3) is 0 Å². The first kappa shape index (κ1) is 31.8. The minimum atomic E-state index is -1.91. The van der Waals surface area contributed by atoms with E-state index in [1.54, 1.807) is 0 Å². The largest absolute Gasteiger partial charge is 0.414 e. The lowest BCUT2D eigenvalue weighted by atomic mass is 9.99. The maximum Gasteiger partial charge on any atom is 0.192 e. The number of hydrogen-bond acceptors (Lipinski definition) is 3. The molecule has 1 aromatic rings. The van der Waals surface area contributed by atoms with E-state index in [1.807, 2.05) is 18.2 Å². The summed E-state index contributed by atoms with van der Waals surface area (Å²) in [5.74, 6) is 4.26. The Kier molecular flexibility index (Phi) is 12.2. The zero-order valence-corrected chi connectivity index (χ0v) is 26.5. The van der Waals surface area contributed by atoms with E-state index in [0.717, 1.165) is 18.4 Å². The van der Waals surface area contributed by atoms with Crippen molar-refractivity contribution >= 4 is 22.2 Å². The lowest BCUT2D eigenvalue weighted by Crippen LogP contribution is -2.43. The molecule has 0 spiro atoms. The monoisotopic (exact) mass is 516 g/mol. The molecule has 0 fully saturated rings. The minimum absolute atomic E-state index is 0.126. The van der Waals surface area contributed by atoms with Gasteiger partial charge in [-0.15, -0.1) is 11.5 Å². The van der Waals surface area contributed by atoms with E-state index >= 15 is 0 Å². The molecular weight excluding hydrogens is 464 g/mol. The molecule has 0 saturated carbocycles. The van der Waals surface area contributed by atoms with Crippen LogP contribution in [0, 0.1) is 17.4 Å². The van der Waals surface area contributed by atoms with Crippen molar-refractivity contribution in [3.8, 4) is 11.5 Å². The molecule has 1 rings (SSSR count). The minimum Gasteiger partial charge on any atom is -0.414 e. The molecule has 0 aliphatic carbocycles. The van der Waals surface area contributed by atoms with E-state index in [0.29, 0.717) is 32.0 Å². The molecule has 0 aliphatic rings. The van der Waals surface area contributed by atoms with Crippen molar-refractivity contribution in [2.45, 2.75) is 123 Å². The molecule has 0 bridgehead atoms. The number of hydrogen-bond donors (Lipinski definition) is 0. The number of carbonyl (C=O) groups is 1.